The van der Waals surface area contributed by atoms with E-state index in [0.29, 0.717) is 0 Å². The van der Waals surface area contributed by atoms with Gasteiger partial charge in [-0.05, 0) is 84.7 Å². The second-order valence-electron chi connectivity index (χ2n) is 9.96. The Morgan fingerprint density at radius 3 is 2.61 bits per heavy atom. The largest absolute Gasteiger partial charge is 0.280 e. The molecule has 0 N–H and O–H groups in total. The minimum absolute atomic E-state index is 0.0552. The second-order valence-corrected chi connectivity index (χ2v) is 9.96. The van der Waals surface area contributed by atoms with E-state index < -0.39 is 0 Å². The highest BCUT2D eigenvalue weighted by Gasteiger charge is 2.39. The van der Waals surface area contributed by atoms with Crippen molar-refractivity contribution >= 4 is 27.6 Å². The van der Waals surface area contributed by atoms with Crippen LogP contribution in [0, 0.1) is 13.8 Å². The molecule has 6 rings (SSSR count). The number of para-hydroxylation sites is 1. The molecule has 2 bridgehead atoms. The molecule has 2 aliphatic rings. The number of rotatable bonds is 0. The summed E-state index contributed by atoms with van der Waals surface area (Å²) in [6.07, 6.45) is 4.06. The Hall–Kier alpha value is -2.42. The molecular weight excluding hydrogens is 342 g/mol. The summed E-state index contributed by atoms with van der Waals surface area (Å²) in [6.45, 7) is 11.2. The van der Waals surface area contributed by atoms with Crippen molar-refractivity contribution < 1.29 is 0 Å². The minimum atomic E-state index is 0.0552. The minimum Gasteiger partial charge on any atom is -0.280 e. The number of hydrogen-bond donors (Lipinski definition) is 0. The topological polar surface area (TPSA) is 30.2 Å². The van der Waals surface area contributed by atoms with Crippen molar-refractivity contribution in [3.05, 3.63) is 52.3 Å². The molecule has 3 nitrogen and oxygen atoms in total. The van der Waals surface area contributed by atoms with Crippen LogP contribution in [0.4, 0.5) is 0 Å². The lowest BCUT2D eigenvalue weighted by Gasteiger charge is -2.21. The predicted octanol–water partition coefficient (Wildman–Crippen LogP) is 6.31. The van der Waals surface area contributed by atoms with Crippen LogP contribution in [-0.4, -0.2) is 14.4 Å². The van der Waals surface area contributed by atoms with Crippen molar-refractivity contribution in [1.29, 1.82) is 0 Å². The lowest BCUT2D eigenvalue weighted by molar-refractivity contribution is 0.594. The monoisotopic (exact) mass is 369 g/mol. The molecule has 2 aromatic heterocycles. The molecule has 2 unspecified atom stereocenters. The third-order valence-electron chi connectivity index (χ3n) is 7.23. The summed E-state index contributed by atoms with van der Waals surface area (Å²) < 4.78 is 2.31. The van der Waals surface area contributed by atoms with E-state index in [1.165, 1.54) is 35.9 Å². The Morgan fingerprint density at radius 1 is 1.04 bits per heavy atom. The van der Waals surface area contributed by atoms with Gasteiger partial charge in [0.2, 0.25) is 0 Å². The predicted molar refractivity (Wildman–Crippen MR) is 116 cm³/mol. The fraction of sp³-hybridized carbons (Fsp3) is 0.440. The molecule has 2 aliphatic carbocycles. The molecule has 4 aromatic rings. The van der Waals surface area contributed by atoms with Crippen LogP contribution in [0.5, 0.6) is 0 Å². The number of benzene rings is 2. The van der Waals surface area contributed by atoms with Crippen molar-refractivity contribution in [2.24, 2.45) is 0 Å². The van der Waals surface area contributed by atoms with Crippen LogP contribution in [0.1, 0.15) is 79.9 Å². The van der Waals surface area contributed by atoms with Crippen LogP contribution in [-0.2, 0) is 5.41 Å². The van der Waals surface area contributed by atoms with Crippen molar-refractivity contribution in [2.75, 3.05) is 0 Å². The quantitative estimate of drug-likeness (QED) is 0.363. The van der Waals surface area contributed by atoms with Crippen molar-refractivity contribution in [1.82, 2.24) is 14.4 Å². The zero-order valence-corrected chi connectivity index (χ0v) is 17.4. The van der Waals surface area contributed by atoms with Crippen LogP contribution >= 0.6 is 0 Å². The highest BCUT2D eigenvalue weighted by molar-refractivity contribution is 5.99. The van der Waals surface area contributed by atoms with Gasteiger partial charge in [0.1, 0.15) is 11.5 Å². The van der Waals surface area contributed by atoms with E-state index in [1.54, 1.807) is 11.1 Å². The van der Waals surface area contributed by atoms with Gasteiger partial charge in [-0.2, -0.15) is 0 Å². The number of nitrogens with zero attached hydrogens (tertiary/aromatic N) is 3. The standard InChI is InChI=1S/C25H27N3/c1-13-21-16-10-9-15(11-16)18(21)12-20-23(13)28-14(2)26-22-17(24(28)27-20)7-6-8-19(22)25(3,4)5/h6-8,12,15-16H,9-11H2,1-5H3. The maximum Gasteiger partial charge on any atom is 0.148 e. The molecule has 3 heteroatoms. The second kappa shape index (κ2) is 5.14. The summed E-state index contributed by atoms with van der Waals surface area (Å²) in [7, 11) is 0. The molecule has 0 spiro atoms. The third kappa shape index (κ3) is 1.95. The Morgan fingerprint density at radius 2 is 1.82 bits per heavy atom. The molecule has 2 atom stereocenters. The van der Waals surface area contributed by atoms with Crippen molar-refractivity contribution in [3.8, 4) is 0 Å². The number of fused-ring (bicyclic) bond motifs is 10. The Kier molecular flexibility index (Phi) is 3.03. The SMILES string of the molecule is Cc1c2c(cc3nc4c5cccc(C(C)(C)C)c5nc(C)n4c13)C1CCC2C1. The van der Waals surface area contributed by atoms with Crippen LogP contribution in [0.2, 0.25) is 0 Å². The zero-order valence-electron chi connectivity index (χ0n) is 17.4. The maximum atomic E-state index is 5.17. The van der Waals surface area contributed by atoms with Gasteiger partial charge in [-0.15, -0.1) is 0 Å². The van der Waals surface area contributed by atoms with Gasteiger partial charge in [-0.25, -0.2) is 9.97 Å². The Bertz CT molecular complexity index is 1300. The molecule has 0 amide bonds. The van der Waals surface area contributed by atoms with Gasteiger partial charge in [0, 0.05) is 5.39 Å². The zero-order chi connectivity index (χ0) is 19.4. The van der Waals surface area contributed by atoms with E-state index >= 15 is 0 Å². The fourth-order valence-corrected chi connectivity index (χ4v) is 6.03. The lowest BCUT2D eigenvalue weighted by Crippen LogP contribution is -2.13. The molecule has 0 radical (unpaired) electrons. The first kappa shape index (κ1) is 16.5. The first-order valence-corrected chi connectivity index (χ1v) is 10.6. The Balaban J connectivity index is 1.78. The number of aromatic nitrogens is 3. The summed E-state index contributed by atoms with van der Waals surface area (Å²) in [6, 6.07) is 8.95. The van der Waals surface area contributed by atoms with E-state index in [4.69, 9.17) is 9.97 Å². The van der Waals surface area contributed by atoms with Gasteiger partial charge < -0.3 is 0 Å². The molecule has 2 aromatic carbocycles. The van der Waals surface area contributed by atoms with Crippen LogP contribution in [0.3, 0.4) is 0 Å². The lowest BCUT2D eigenvalue weighted by atomic mass is 9.85. The van der Waals surface area contributed by atoms with Gasteiger partial charge >= 0.3 is 0 Å². The third-order valence-corrected chi connectivity index (χ3v) is 7.23. The van der Waals surface area contributed by atoms with Crippen molar-refractivity contribution in [3.63, 3.8) is 0 Å². The van der Waals surface area contributed by atoms with Gasteiger partial charge in [0.15, 0.2) is 0 Å². The average Bonchev–Trinajstić information content (AvgIpc) is 3.33. The van der Waals surface area contributed by atoms with Crippen LogP contribution in [0.15, 0.2) is 24.3 Å². The van der Waals surface area contributed by atoms with E-state index in [-0.39, 0.29) is 5.41 Å². The molecule has 28 heavy (non-hydrogen) atoms. The smallest absolute Gasteiger partial charge is 0.148 e. The van der Waals surface area contributed by atoms with E-state index in [2.05, 4.69) is 63.3 Å². The Labute approximate surface area is 165 Å². The molecule has 0 aliphatic heterocycles. The van der Waals surface area contributed by atoms with Gasteiger partial charge in [-0.1, -0.05) is 32.9 Å². The van der Waals surface area contributed by atoms with Gasteiger partial charge in [0.05, 0.1) is 16.6 Å². The summed E-state index contributed by atoms with van der Waals surface area (Å²) in [4.78, 5) is 10.3. The number of imidazole rings is 1. The van der Waals surface area contributed by atoms with E-state index in [0.717, 1.165) is 39.7 Å². The van der Waals surface area contributed by atoms with Gasteiger partial charge in [-0.3, -0.25) is 4.40 Å². The average molecular weight is 370 g/mol. The summed E-state index contributed by atoms with van der Waals surface area (Å²) in [5, 5.41) is 1.16. The summed E-state index contributed by atoms with van der Waals surface area (Å²) in [5.74, 6) is 2.56. The highest BCUT2D eigenvalue weighted by atomic mass is 15.1. The first-order chi connectivity index (χ1) is 13.3. The number of hydrogen-bond acceptors (Lipinski definition) is 2. The van der Waals surface area contributed by atoms with Gasteiger partial charge in [0.25, 0.3) is 0 Å². The first-order valence-electron chi connectivity index (χ1n) is 10.6. The summed E-state index contributed by atoms with van der Waals surface area (Å²) >= 11 is 0. The van der Waals surface area contributed by atoms with E-state index in [1.807, 2.05) is 0 Å². The fourth-order valence-electron chi connectivity index (χ4n) is 6.03. The molecule has 2 heterocycles. The van der Waals surface area contributed by atoms with Crippen LogP contribution < -0.4 is 0 Å². The number of aryl methyl sites for hydroxylation is 2. The van der Waals surface area contributed by atoms with Crippen LogP contribution in [0.25, 0.3) is 27.6 Å². The normalized spacial score (nSPS) is 21.3. The molecule has 142 valence electrons. The van der Waals surface area contributed by atoms with E-state index in [9.17, 15) is 0 Å². The maximum absolute atomic E-state index is 5.17. The molecule has 0 saturated heterocycles. The van der Waals surface area contributed by atoms with Crippen molar-refractivity contribution in [2.45, 2.75) is 71.1 Å². The molecular formula is C25H27N3. The molecule has 1 fully saturated rings. The molecule has 1 saturated carbocycles. The highest BCUT2D eigenvalue weighted by Crippen LogP contribution is 2.55. The summed E-state index contributed by atoms with van der Waals surface area (Å²) in [5.41, 5.74) is 10.5.